The molecule has 0 aromatic rings. The van der Waals surface area contributed by atoms with E-state index in [-0.39, 0.29) is 0 Å². The molecule has 0 amide bonds. The lowest BCUT2D eigenvalue weighted by Gasteiger charge is -2.40. The highest BCUT2D eigenvalue weighted by atomic mass is 15.2. The largest absolute Gasteiger partial charge is 0.320 e. The molecule has 2 fully saturated rings. The van der Waals surface area contributed by atoms with Crippen LogP contribution in [-0.4, -0.2) is 62.2 Å². The van der Waals surface area contributed by atoms with Gasteiger partial charge in [0.2, 0.25) is 0 Å². The summed E-state index contributed by atoms with van der Waals surface area (Å²) in [6, 6.07) is 0.905. The molecule has 1 N–H and O–H groups in total. The van der Waals surface area contributed by atoms with Crippen LogP contribution in [0.25, 0.3) is 0 Å². The van der Waals surface area contributed by atoms with Gasteiger partial charge in [0, 0.05) is 6.04 Å². The van der Waals surface area contributed by atoms with Crippen molar-refractivity contribution in [1.29, 1.82) is 0 Å². The summed E-state index contributed by atoms with van der Waals surface area (Å²) in [7, 11) is 2.05. The van der Waals surface area contributed by atoms with E-state index in [1.165, 1.54) is 97.1 Å². The number of unbranched alkanes of at least 4 members (excludes halogenated alkanes) is 3. The van der Waals surface area contributed by atoms with Gasteiger partial charge in [-0.25, -0.2) is 0 Å². The summed E-state index contributed by atoms with van der Waals surface area (Å²) in [6.07, 6.45) is 12.7. The predicted octanol–water partition coefficient (Wildman–Crippen LogP) is 2.72. The van der Waals surface area contributed by atoms with Gasteiger partial charge in [-0.05, 0) is 84.8 Å². The lowest BCUT2D eigenvalue weighted by atomic mass is 9.99. The Morgan fingerprint density at radius 3 is 2.25 bits per heavy atom. The minimum absolute atomic E-state index is 0.905. The Hall–Kier alpha value is -0.120. The van der Waals surface area contributed by atoms with E-state index in [4.69, 9.17) is 0 Å². The van der Waals surface area contributed by atoms with Crippen LogP contribution in [-0.2, 0) is 0 Å². The van der Waals surface area contributed by atoms with E-state index in [1.807, 2.05) is 7.05 Å². The smallest absolute Gasteiger partial charge is 0.0120 e. The molecule has 0 saturated carbocycles. The lowest BCUT2D eigenvalue weighted by molar-refractivity contribution is 0.0918. The van der Waals surface area contributed by atoms with Crippen LogP contribution in [0.4, 0.5) is 0 Å². The minimum Gasteiger partial charge on any atom is -0.320 e. The molecule has 2 rings (SSSR count). The lowest BCUT2D eigenvalue weighted by Crippen LogP contribution is -2.46. The Labute approximate surface area is 126 Å². The molecule has 0 aromatic carbocycles. The van der Waals surface area contributed by atoms with E-state index < -0.39 is 0 Å². The van der Waals surface area contributed by atoms with Crippen molar-refractivity contribution < 1.29 is 0 Å². The predicted molar refractivity (Wildman–Crippen MR) is 87.3 cm³/mol. The van der Waals surface area contributed by atoms with Crippen molar-refractivity contribution in [3.63, 3.8) is 0 Å². The Morgan fingerprint density at radius 1 is 0.850 bits per heavy atom. The van der Waals surface area contributed by atoms with Crippen molar-refractivity contribution in [2.75, 3.05) is 46.3 Å². The first kappa shape index (κ1) is 16.3. The minimum atomic E-state index is 0.905. The molecule has 0 bridgehead atoms. The molecule has 0 aliphatic carbocycles. The molecule has 3 heteroatoms. The summed E-state index contributed by atoms with van der Waals surface area (Å²) >= 11 is 0. The topological polar surface area (TPSA) is 18.5 Å². The van der Waals surface area contributed by atoms with E-state index in [9.17, 15) is 0 Å². The molecule has 0 unspecified atom stereocenters. The molecule has 20 heavy (non-hydrogen) atoms. The molecule has 2 aliphatic heterocycles. The molecule has 0 spiro atoms. The van der Waals surface area contributed by atoms with Gasteiger partial charge in [-0.1, -0.05) is 19.3 Å². The molecule has 118 valence electrons. The standard InChI is InChI=1S/C17H35N3/c1-18-11-5-2-3-6-12-19-15-9-17(10-16-19)20-13-7-4-8-14-20/h17-18H,2-16H2,1H3. The van der Waals surface area contributed by atoms with E-state index in [2.05, 4.69) is 15.1 Å². The summed E-state index contributed by atoms with van der Waals surface area (Å²) in [6.45, 7) is 7.95. The third-order valence-electron chi connectivity index (χ3n) is 5.12. The van der Waals surface area contributed by atoms with Gasteiger partial charge in [0.05, 0.1) is 0 Å². The normalized spacial score (nSPS) is 23.2. The fraction of sp³-hybridized carbons (Fsp3) is 1.00. The highest BCUT2D eigenvalue weighted by molar-refractivity contribution is 4.81. The molecule has 0 aromatic heterocycles. The number of hydrogen-bond donors (Lipinski definition) is 1. The zero-order valence-electron chi connectivity index (χ0n) is 13.6. The van der Waals surface area contributed by atoms with Gasteiger partial charge in [-0.3, -0.25) is 0 Å². The molecule has 0 atom stereocenters. The van der Waals surface area contributed by atoms with Crippen LogP contribution in [0.3, 0.4) is 0 Å². The van der Waals surface area contributed by atoms with Gasteiger partial charge >= 0.3 is 0 Å². The third-order valence-corrected chi connectivity index (χ3v) is 5.12. The van der Waals surface area contributed by atoms with Crippen molar-refractivity contribution in [2.45, 2.75) is 63.8 Å². The van der Waals surface area contributed by atoms with Crippen LogP contribution in [0.2, 0.25) is 0 Å². The summed E-state index contributed by atoms with van der Waals surface area (Å²) in [4.78, 5) is 5.48. The average Bonchev–Trinajstić information content (AvgIpc) is 2.52. The van der Waals surface area contributed by atoms with Crippen LogP contribution in [0.15, 0.2) is 0 Å². The molecule has 2 aliphatic rings. The Balaban J connectivity index is 1.50. The van der Waals surface area contributed by atoms with Gasteiger partial charge in [0.25, 0.3) is 0 Å². The van der Waals surface area contributed by atoms with Gasteiger partial charge in [0.1, 0.15) is 0 Å². The number of nitrogens with zero attached hydrogens (tertiary/aromatic N) is 2. The first-order chi connectivity index (χ1) is 9.90. The van der Waals surface area contributed by atoms with E-state index in [1.54, 1.807) is 0 Å². The molecular formula is C17H35N3. The second kappa shape index (κ2) is 9.75. The first-order valence-corrected chi connectivity index (χ1v) is 9.01. The maximum Gasteiger partial charge on any atom is 0.0120 e. The van der Waals surface area contributed by atoms with E-state index in [0.29, 0.717) is 0 Å². The van der Waals surface area contributed by atoms with Gasteiger partial charge in [-0.2, -0.15) is 0 Å². The summed E-state index contributed by atoms with van der Waals surface area (Å²) in [5.41, 5.74) is 0. The summed E-state index contributed by atoms with van der Waals surface area (Å²) < 4.78 is 0. The maximum atomic E-state index is 3.23. The fourth-order valence-electron chi connectivity index (χ4n) is 3.78. The first-order valence-electron chi connectivity index (χ1n) is 9.01. The van der Waals surface area contributed by atoms with Crippen molar-refractivity contribution in [3.8, 4) is 0 Å². The fourth-order valence-corrected chi connectivity index (χ4v) is 3.78. The zero-order valence-corrected chi connectivity index (χ0v) is 13.6. The summed E-state index contributed by atoms with van der Waals surface area (Å²) in [5.74, 6) is 0. The van der Waals surface area contributed by atoms with Gasteiger partial charge < -0.3 is 15.1 Å². The zero-order chi connectivity index (χ0) is 14.0. The van der Waals surface area contributed by atoms with E-state index in [0.717, 1.165) is 6.04 Å². The SMILES string of the molecule is CNCCCCCCN1CCC(N2CCCCC2)CC1. The maximum absolute atomic E-state index is 3.23. The van der Waals surface area contributed by atoms with Crippen molar-refractivity contribution in [1.82, 2.24) is 15.1 Å². The van der Waals surface area contributed by atoms with Crippen molar-refractivity contribution in [2.24, 2.45) is 0 Å². The molecular weight excluding hydrogens is 246 g/mol. The Morgan fingerprint density at radius 2 is 1.55 bits per heavy atom. The van der Waals surface area contributed by atoms with Crippen LogP contribution < -0.4 is 5.32 Å². The van der Waals surface area contributed by atoms with Crippen molar-refractivity contribution >= 4 is 0 Å². The quantitative estimate of drug-likeness (QED) is 0.690. The summed E-state index contributed by atoms with van der Waals surface area (Å²) in [5, 5.41) is 3.23. The van der Waals surface area contributed by atoms with Crippen LogP contribution >= 0.6 is 0 Å². The number of hydrogen-bond acceptors (Lipinski definition) is 3. The molecule has 3 nitrogen and oxygen atoms in total. The molecule has 2 heterocycles. The molecule has 2 saturated heterocycles. The Kier molecular flexibility index (Phi) is 7.92. The monoisotopic (exact) mass is 281 g/mol. The number of rotatable bonds is 8. The Bertz CT molecular complexity index is 230. The van der Waals surface area contributed by atoms with E-state index >= 15 is 0 Å². The number of nitrogens with one attached hydrogen (secondary N) is 1. The van der Waals surface area contributed by atoms with Crippen LogP contribution in [0.5, 0.6) is 0 Å². The average molecular weight is 281 g/mol. The van der Waals surface area contributed by atoms with Crippen LogP contribution in [0, 0.1) is 0 Å². The second-order valence-corrected chi connectivity index (χ2v) is 6.69. The van der Waals surface area contributed by atoms with Gasteiger partial charge in [0.15, 0.2) is 0 Å². The number of likely N-dealkylation sites (tertiary alicyclic amines) is 2. The molecule has 0 radical (unpaired) electrons. The van der Waals surface area contributed by atoms with Crippen LogP contribution in [0.1, 0.15) is 57.8 Å². The third kappa shape index (κ3) is 5.71. The van der Waals surface area contributed by atoms with Crippen molar-refractivity contribution in [3.05, 3.63) is 0 Å². The number of piperidine rings is 2. The highest BCUT2D eigenvalue weighted by Gasteiger charge is 2.24. The van der Waals surface area contributed by atoms with Gasteiger partial charge in [-0.15, -0.1) is 0 Å². The second-order valence-electron chi connectivity index (χ2n) is 6.69. The highest BCUT2D eigenvalue weighted by Crippen LogP contribution is 2.21.